The van der Waals surface area contributed by atoms with Gasteiger partial charge >= 0.3 is 0 Å². The third-order valence-corrected chi connectivity index (χ3v) is 4.15. The van der Waals surface area contributed by atoms with Gasteiger partial charge in [-0.25, -0.2) is 0 Å². The number of nitro benzene ring substituents is 1. The van der Waals surface area contributed by atoms with Crippen LogP contribution in [0.4, 0.5) is 5.69 Å². The van der Waals surface area contributed by atoms with Gasteiger partial charge in [0.2, 0.25) is 0 Å². The lowest BCUT2D eigenvalue weighted by molar-refractivity contribution is -0.384. The molecule has 2 N–H and O–H groups in total. The van der Waals surface area contributed by atoms with Crippen LogP contribution in [0.15, 0.2) is 60.2 Å². The maximum atomic E-state index is 12.4. The van der Waals surface area contributed by atoms with Crippen LogP contribution in [0.1, 0.15) is 24.1 Å². The van der Waals surface area contributed by atoms with Gasteiger partial charge in [0.15, 0.2) is 10.9 Å². The fourth-order valence-electron chi connectivity index (χ4n) is 2.84. The first-order valence-electron chi connectivity index (χ1n) is 7.60. The molecule has 0 spiro atoms. The molecule has 1 aliphatic rings. The molecule has 0 unspecified atom stereocenters. The molecule has 0 aliphatic carbocycles. The van der Waals surface area contributed by atoms with Gasteiger partial charge in [0.25, 0.3) is 5.69 Å². The summed E-state index contributed by atoms with van der Waals surface area (Å²) in [5.41, 5.74) is 2.50. The zero-order valence-corrected chi connectivity index (χ0v) is 14.2. The van der Waals surface area contributed by atoms with Crippen molar-refractivity contribution in [3.63, 3.8) is 0 Å². The molecule has 0 saturated carbocycles. The molecule has 0 fully saturated rings. The van der Waals surface area contributed by atoms with E-state index in [4.69, 9.17) is 12.2 Å². The Kier molecular flexibility index (Phi) is 4.58. The number of nitrogens with one attached hydrogen (secondary N) is 2. The quantitative estimate of drug-likeness (QED) is 0.499. The molecule has 0 amide bonds. The van der Waals surface area contributed by atoms with Crippen LogP contribution in [0.3, 0.4) is 0 Å². The highest BCUT2D eigenvalue weighted by Crippen LogP contribution is 2.32. The lowest BCUT2D eigenvalue weighted by atomic mass is 9.90. The van der Waals surface area contributed by atoms with E-state index in [9.17, 15) is 14.9 Å². The summed E-state index contributed by atoms with van der Waals surface area (Å²) in [6, 6.07) is 15.0. The smallest absolute Gasteiger partial charge is 0.269 e. The summed E-state index contributed by atoms with van der Waals surface area (Å²) >= 11 is 5.28. The van der Waals surface area contributed by atoms with E-state index in [2.05, 4.69) is 10.6 Å². The van der Waals surface area contributed by atoms with Crippen LogP contribution in [0.2, 0.25) is 0 Å². The van der Waals surface area contributed by atoms with Gasteiger partial charge in [0, 0.05) is 17.7 Å². The molecule has 6 nitrogen and oxygen atoms in total. The molecule has 1 heterocycles. The Labute approximate surface area is 149 Å². The first kappa shape index (κ1) is 16.8. The Morgan fingerprint density at radius 1 is 1.16 bits per heavy atom. The topological polar surface area (TPSA) is 84.3 Å². The molecule has 2 aromatic carbocycles. The number of thiocarbonyl (C=S) groups is 1. The Hall–Kier alpha value is -3.06. The second-order valence-electron chi connectivity index (χ2n) is 5.59. The van der Waals surface area contributed by atoms with Crippen LogP contribution in [-0.4, -0.2) is 15.8 Å². The van der Waals surface area contributed by atoms with Crippen molar-refractivity contribution in [3.8, 4) is 0 Å². The number of nitro groups is 1. The van der Waals surface area contributed by atoms with Crippen LogP contribution in [0.25, 0.3) is 5.70 Å². The van der Waals surface area contributed by atoms with Crippen molar-refractivity contribution >= 4 is 34.5 Å². The third kappa shape index (κ3) is 3.41. The Balaban J connectivity index is 2.18. The highest BCUT2D eigenvalue weighted by Gasteiger charge is 2.30. The van der Waals surface area contributed by atoms with E-state index in [0.717, 1.165) is 5.56 Å². The van der Waals surface area contributed by atoms with Crippen LogP contribution in [-0.2, 0) is 4.79 Å². The predicted molar refractivity (Wildman–Crippen MR) is 98.7 cm³/mol. The van der Waals surface area contributed by atoms with E-state index >= 15 is 0 Å². The first-order valence-corrected chi connectivity index (χ1v) is 8.00. The van der Waals surface area contributed by atoms with Crippen LogP contribution < -0.4 is 10.6 Å². The average Bonchev–Trinajstić information content (AvgIpc) is 2.61. The van der Waals surface area contributed by atoms with Crippen LogP contribution in [0, 0.1) is 10.1 Å². The molecule has 2 aromatic rings. The summed E-state index contributed by atoms with van der Waals surface area (Å²) in [4.78, 5) is 23.0. The standard InChI is InChI=1S/C18H15N3O3S/c1-11(22)15-16(12-6-3-2-4-7-12)19-18(25)20-17(15)13-8-5-9-14(10-13)21(23)24/h2-10,17H,1H3,(H2,19,20,25)/t17-/m0/s1. The van der Waals surface area contributed by atoms with Crippen molar-refractivity contribution in [1.29, 1.82) is 0 Å². The van der Waals surface area contributed by atoms with Crippen molar-refractivity contribution in [2.24, 2.45) is 0 Å². The number of hydrogen-bond donors (Lipinski definition) is 2. The van der Waals surface area contributed by atoms with E-state index in [1.807, 2.05) is 30.3 Å². The van der Waals surface area contributed by atoms with E-state index < -0.39 is 11.0 Å². The summed E-state index contributed by atoms with van der Waals surface area (Å²) in [6.07, 6.45) is 0. The Morgan fingerprint density at radius 3 is 2.52 bits per heavy atom. The number of benzene rings is 2. The Bertz CT molecular complexity index is 893. The molecule has 1 atom stereocenters. The number of carbonyl (C=O) groups is 1. The van der Waals surface area contributed by atoms with Crippen LogP contribution >= 0.6 is 12.2 Å². The lowest BCUT2D eigenvalue weighted by Gasteiger charge is -2.31. The molecule has 25 heavy (non-hydrogen) atoms. The molecule has 0 bridgehead atoms. The molecular weight excluding hydrogens is 338 g/mol. The first-order chi connectivity index (χ1) is 12.0. The maximum absolute atomic E-state index is 12.4. The largest absolute Gasteiger partial charge is 0.351 e. The van der Waals surface area contributed by atoms with Gasteiger partial charge in [0.05, 0.1) is 16.7 Å². The molecule has 126 valence electrons. The monoisotopic (exact) mass is 353 g/mol. The van der Waals surface area contributed by atoms with Crippen molar-refractivity contribution < 1.29 is 9.72 Å². The van der Waals surface area contributed by atoms with Crippen molar-refractivity contribution in [3.05, 3.63) is 81.4 Å². The normalized spacial score (nSPS) is 16.8. The van der Waals surface area contributed by atoms with Crippen molar-refractivity contribution in [2.45, 2.75) is 13.0 Å². The van der Waals surface area contributed by atoms with Crippen LogP contribution in [0.5, 0.6) is 0 Å². The van der Waals surface area contributed by atoms with Crippen molar-refractivity contribution in [1.82, 2.24) is 10.6 Å². The fourth-order valence-corrected chi connectivity index (χ4v) is 3.06. The number of non-ortho nitro benzene ring substituents is 1. The second-order valence-corrected chi connectivity index (χ2v) is 6.00. The average molecular weight is 353 g/mol. The lowest BCUT2D eigenvalue weighted by Crippen LogP contribution is -2.44. The number of rotatable bonds is 4. The highest BCUT2D eigenvalue weighted by molar-refractivity contribution is 7.80. The van der Waals surface area contributed by atoms with E-state index in [1.54, 1.807) is 12.1 Å². The van der Waals surface area contributed by atoms with E-state index in [-0.39, 0.29) is 11.5 Å². The van der Waals surface area contributed by atoms with E-state index in [0.29, 0.717) is 21.9 Å². The molecule has 0 saturated heterocycles. The Morgan fingerprint density at radius 2 is 1.88 bits per heavy atom. The minimum atomic E-state index is -0.554. The molecular formula is C18H15N3O3S. The summed E-state index contributed by atoms with van der Waals surface area (Å²) in [6.45, 7) is 1.47. The predicted octanol–water partition coefficient (Wildman–Crippen LogP) is 3.11. The number of Topliss-reactive ketones (excluding diaryl/α,β-unsaturated/α-hetero) is 1. The van der Waals surface area contributed by atoms with Gasteiger partial charge in [-0.1, -0.05) is 42.5 Å². The van der Waals surface area contributed by atoms with Crippen molar-refractivity contribution in [2.75, 3.05) is 0 Å². The highest BCUT2D eigenvalue weighted by atomic mass is 32.1. The summed E-state index contributed by atoms with van der Waals surface area (Å²) in [7, 11) is 0. The number of ketones is 1. The minimum absolute atomic E-state index is 0.0343. The molecule has 0 aromatic heterocycles. The number of hydrogen-bond acceptors (Lipinski definition) is 4. The van der Waals surface area contributed by atoms with Gasteiger partial charge in [-0.05, 0) is 30.3 Å². The number of nitrogens with zero attached hydrogens (tertiary/aromatic N) is 1. The minimum Gasteiger partial charge on any atom is -0.351 e. The third-order valence-electron chi connectivity index (χ3n) is 3.93. The second kappa shape index (κ2) is 6.82. The van der Waals surface area contributed by atoms with Gasteiger partial charge in [-0.3, -0.25) is 14.9 Å². The van der Waals surface area contributed by atoms with E-state index in [1.165, 1.54) is 19.1 Å². The summed E-state index contributed by atoms with van der Waals surface area (Å²) < 4.78 is 0. The number of carbonyl (C=O) groups excluding carboxylic acids is 1. The SMILES string of the molecule is CC(=O)C1=C(c2ccccc2)NC(=S)N[C@H]1c1cccc([N+](=O)[O-])c1. The van der Waals surface area contributed by atoms with Gasteiger partial charge in [-0.2, -0.15) is 0 Å². The van der Waals surface area contributed by atoms with Gasteiger partial charge in [0.1, 0.15) is 0 Å². The molecule has 7 heteroatoms. The maximum Gasteiger partial charge on any atom is 0.269 e. The molecule has 3 rings (SSSR count). The zero-order valence-electron chi connectivity index (χ0n) is 13.4. The molecule has 0 radical (unpaired) electrons. The van der Waals surface area contributed by atoms with Gasteiger partial charge in [-0.15, -0.1) is 0 Å². The fraction of sp³-hybridized carbons (Fsp3) is 0.111. The van der Waals surface area contributed by atoms with Gasteiger partial charge < -0.3 is 10.6 Å². The zero-order chi connectivity index (χ0) is 18.0. The summed E-state index contributed by atoms with van der Waals surface area (Å²) in [5, 5.41) is 17.5. The molecule has 1 aliphatic heterocycles. The summed E-state index contributed by atoms with van der Waals surface area (Å²) in [5.74, 6) is -0.141.